The Hall–Kier alpha value is -1.38. The summed E-state index contributed by atoms with van der Waals surface area (Å²) < 4.78 is 0. The Balaban J connectivity index is 0. The largest absolute Gasteiger partial charge is 0.299 e. The predicted octanol–water partition coefficient (Wildman–Crippen LogP) is 9.23. The van der Waals surface area contributed by atoms with Gasteiger partial charge in [-0.15, -0.1) is 0 Å². The molecule has 2 aromatic rings. The van der Waals surface area contributed by atoms with Crippen LogP contribution >= 0.6 is 11.3 Å². The Morgan fingerprint density at radius 1 is 0.655 bits per heavy atom. The molecule has 1 aromatic heterocycles. The molecule has 1 nitrogen and oxygen atoms in total. The van der Waals surface area contributed by atoms with Gasteiger partial charge in [-0.25, -0.2) is 0 Å². The number of nitrogens with zero attached hydrogens (tertiary/aromatic N) is 1. The average Bonchev–Trinajstić information content (AvgIpc) is 3.58. The van der Waals surface area contributed by atoms with Crippen LogP contribution in [0.4, 0.5) is 0 Å². The third kappa shape index (κ3) is 19.7. The van der Waals surface area contributed by atoms with Crippen LogP contribution in [-0.4, -0.2) is 18.0 Å². The molecular weight excluding hydrogens is 370 g/mol. The number of hydrogen-bond acceptors (Lipinski definition) is 2. The van der Waals surface area contributed by atoms with Crippen LogP contribution in [0.2, 0.25) is 0 Å². The second-order valence-corrected chi connectivity index (χ2v) is 6.83. The van der Waals surface area contributed by atoms with Gasteiger partial charge in [-0.1, -0.05) is 96.2 Å². The van der Waals surface area contributed by atoms with E-state index in [-0.39, 0.29) is 0 Å². The van der Waals surface area contributed by atoms with Crippen LogP contribution in [0.25, 0.3) is 0 Å². The average molecular weight is 418 g/mol. The molecule has 2 heterocycles. The van der Waals surface area contributed by atoms with E-state index in [4.69, 9.17) is 0 Å². The minimum Gasteiger partial charge on any atom is -0.299 e. The highest BCUT2D eigenvalue weighted by atomic mass is 32.1. The van der Waals surface area contributed by atoms with Crippen molar-refractivity contribution in [2.45, 2.75) is 86.6 Å². The maximum absolute atomic E-state index is 2.52. The van der Waals surface area contributed by atoms with E-state index in [1.54, 1.807) is 11.3 Å². The van der Waals surface area contributed by atoms with Crippen molar-refractivity contribution in [2.24, 2.45) is 0 Å². The molecule has 1 fully saturated rings. The number of hydrogen-bond donors (Lipinski definition) is 0. The summed E-state index contributed by atoms with van der Waals surface area (Å²) in [6.45, 7) is 15.7. The molecule has 0 saturated carbocycles. The Morgan fingerprint density at radius 3 is 1.48 bits per heavy atom. The molecule has 2 heteroatoms. The molecule has 0 unspecified atom stereocenters. The molecule has 2 aliphatic rings. The SMILES string of the molecule is C1=CCCCC1.CC.CC.CC.c1ccc(CN2CCCC2)cc1.c1ccsc1. The van der Waals surface area contributed by atoms with Gasteiger partial charge in [0, 0.05) is 6.54 Å². The minimum absolute atomic E-state index is 1.14. The Labute approximate surface area is 186 Å². The maximum Gasteiger partial charge on any atom is 0.0233 e. The van der Waals surface area contributed by atoms with Crippen molar-refractivity contribution in [3.63, 3.8) is 0 Å². The molecule has 0 bridgehead atoms. The Bertz CT molecular complexity index is 473. The van der Waals surface area contributed by atoms with Crippen molar-refractivity contribution in [3.8, 4) is 0 Å². The second-order valence-electron chi connectivity index (χ2n) is 6.02. The first-order chi connectivity index (χ1) is 14.4. The van der Waals surface area contributed by atoms with Gasteiger partial charge in [-0.05, 0) is 67.9 Å². The van der Waals surface area contributed by atoms with Crippen LogP contribution in [-0.2, 0) is 6.54 Å². The first kappa shape index (κ1) is 29.8. The number of thiophene rings is 1. The van der Waals surface area contributed by atoms with Gasteiger partial charge >= 0.3 is 0 Å². The summed E-state index contributed by atoms with van der Waals surface area (Å²) in [6, 6.07) is 14.8. The summed E-state index contributed by atoms with van der Waals surface area (Å²) >= 11 is 1.71. The van der Waals surface area contributed by atoms with Gasteiger partial charge in [-0.2, -0.15) is 11.3 Å². The summed E-state index contributed by atoms with van der Waals surface area (Å²) in [5.74, 6) is 0. The van der Waals surface area contributed by atoms with Gasteiger partial charge in [0.25, 0.3) is 0 Å². The van der Waals surface area contributed by atoms with Gasteiger partial charge in [0.1, 0.15) is 0 Å². The zero-order chi connectivity index (χ0) is 22.0. The minimum atomic E-state index is 1.14. The van der Waals surface area contributed by atoms with Gasteiger partial charge in [0.15, 0.2) is 0 Å². The van der Waals surface area contributed by atoms with Crippen LogP contribution in [0.5, 0.6) is 0 Å². The van der Waals surface area contributed by atoms with Gasteiger partial charge < -0.3 is 0 Å². The van der Waals surface area contributed by atoms with Crippen molar-refractivity contribution < 1.29 is 0 Å². The van der Waals surface area contributed by atoms with Crippen molar-refractivity contribution in [1.82, 2.24) is 4.90 Å². The molecule has 0 atom stereocenters. The fraction of sp³-hybridized carbons (Fsp3) is 0.556. The summed E-state index contributed by atoms with van der Waals surface area (Å²) in [7, 11) is 0. The Kier molecular flexibility index (Phi) is 27.4. The first-order valence-corrected chi connectivity index (χ1v) is 12.8. The molecular formula is C27H47NS. The summed E-state index contributed by atoms with van der Waals surface area (Å²) in [5.41, 5.74) is 1.44. The van der Waals surface area contributed by atoms with Crippen molar-refractivity contribution in [1.29, 1.82) is 0 Å². The van der Waals surface area contributed by atoms with Crippen molar-refractivity contribution >= 4 is 11.3 Å². The van der Waals surface area contributed by atoms with Crippen LogP contribution < -0.4 is 0 Å². The molecule has 4 rings (SSSR count). The molecule has 1 aliphatic heterocycles. The van der Waals surface area contributed by atoms with E-state index < -0.39 is 0 Å². The molecule has 0 N–H and O–H groups in total. The van der Waals surface area contributed by atoms with Gasteiger partial charge in [0.05, 0.1) is 0 Å². The van der Waals surface area contributed by atoms with E-state index in [0.717, 1.165) is 6.54 Å². The van der Waals surface area contributed by atoms with Gasteiger partial charge in [0.2, 0.25) is 0 Å². The normalized spacial score (nSPS) is 14.0. The van der Waals surface area contributed by atoms with E-state index in [2.05, 4.69) is 47.4 Å². The van der Waals surface area contributed by atoms with Crippen molar-refractivity contribution in [3.05, 3.63) is 70.9 Å². The highest BCUT2D eigenvalue weighted by molar-refractivity contribution is 7.07. The highest BCUT2D eigenvalue weighted by Gasteiger charge is 2.10. The highest BCUT2D eigenvalue weighted by Crippen LogP contribution is 2.11. The maximum atomic E-state index is 2.52. The van der Waals surface area contributed by atoms with Crippen molar-refractivity contribution in [2.75, 3.05) is 13.1 Å². The lowest BCUT2D eigenvalue weighted by Crippen LogP contribution is -2.18. The molecule has 1 saturated heterocycles. The molecule has 1 aliphatic carbocycles. The summed E-state index contributed by atoms with van der Waals surface area (Å²) in [4.78, 5) is 2.52. The zero-order valence-electron chi connectivity index (χ0n) is 20.1. The molecule has 0 radical (unpaired) electrons. The lowest BCUT2D eigenvalue weighted by Gasteiger charge is -2.13. The lowest BCUT2D eigenvalue weighted by molar-refractivity contribution is 0.331. The molecule has 166 valence electrons. The third-order valence-electron chi connectivity index (χ3n) is 4.03. The van der Waals surface area contributed by atoms with Gasteiger partial charge in [-0.3, -0.25) is 4.90 Å². The number of likely N-dealkylation sites (tertiary alicyclic amines) is 1. The van der Waals surface area contributed by atoms with E-state index >= 15 is 0 Å². The van der Waals surface area contributed by atoms with Crippen LogP contribution in [0, 0.1) is 0 Å². The predicted molar refractivity (Wildman–Crippen MR) is 137 cm³/mol. The topological polar surface area (TPSA) is 3.24 Å². The third-order valence-corrected chi connectivity index (χ3v) is 4.66. The fourth-order valence-electron chi connectivity index (χ4n) is 2.77. The number of allylic oxidation sites excluding steroid dienone is 2. The fourth-order valence-corrected chi connectivity index (χ4v) is 3.22. The second kappa shape index (κ2) is 26.6. The molecule has 1 aromatic carbocycles. The smallest absolute Gasteiger partial charge is 0.0233 e. The van der Waals surface area contributed by atoms with E-state index in [9.17, 15) is 0 Å². The first-order valence-electron chi connectivity index (χ1n) is 11.8. The van der Waals surface area contributed by atoms with E-state index in [1.807, 2.05) is 64.4 Å². The molecule has 0 spiro atoms. The van der Waals surface area contributed by atoms with Crippen LogP contribution in [0.3, 0.4) is 0 Å². The van der Waals surface area contributed by atoms with Crippen LogP contribution in [0.1, 0.15) is 85.6 Å². The van der Waals surface area contributed by atoms with E-state index in [0.29, 0.717) is 0 Å². The summed E-state index contributed by atoms with van der Waals surface area (Å²) in [6.07, 6.45) is 12.8. The standard InChI is InChI=1S/C11H15N.C6H10.C4H4S.3C2H6/c1-2-6-11(7-3-1)10-12-8-4-5-9-12;1-2-4-6-5-3-1;1-2-4-5-3-1;3*1-2/h1-3,6-7H,4-5,8-10H2;1-2H,3-6H2;1-4H;3*1-2H3. The van der Waals surface area contributed by atoms with Crippen LogP contribution in [0.15, 0.2) is 65.4 Å². The summed E-state index contributed by atoms with van der Waals surface area (Å²) in [5, 5.41) is 4.08. The number of rotatable bonds is 2. The monoisotopic (exact) mass is 417 g/mol. The molecule has 29 heavy (non-hydrogen) atoms. The lowest BCUT2D eigenvalue weighted by atomic mass is 10.1. The van der Waals surface area contributed by atoms with E-state index in [1.165, 1.54) is 57.2 Å². The Morgan fingerprint density at radius 2 is 1.14 bits per heavy atom. The zero-order valence-corrected chi connectivity index (χ0v) is 20.9. The number of benzene rings is 1. The quantitative estimate of drug-likeness (QED) is 0.440. The molecule has 0 amide bonds.